The van der Waals surface area contributed by atoms with E-state index in [1.807, 2.05) is 27.2 Å². The monoisotopic (exact) mass is 883 g/mol. The normalized spacial score (nSPS) is 14.3. The van der Waals surface area contributed by atoms with Crippen LogP contribution in [-0.2, 0) is 18.4 Å². The number of nitrogens with one attached hydrogen (secondary N) is 1. The third-order valence-corrected chi connectivity index (χ3v) is 12.9. The van der Waals surface area contributed by atoms with Gasteiger partial charge in [-0.3, -0.25) is 9.36 Å². The third kappa shape index (κ3) is 46.8. The first kappa shape index (κ1) is 60.0. The van der Waals surface area contributed by atoms with Crippen molar-refractivity contribution >= 4 is 13.7 Å². The number of carbonyl (C=O) groups excluding carboxylic acids is 1. The molecule has 0 heterocycles. The van der Waals surface area contributed by atoms with E-state index in [0.717, 1.165) is 38.5 Å². The van der Waals surface area contributed by atoms with Gasteiger partial charge in [-0.25, -0.2) is 0 Å². The number of carbonyl (C=O) groups is 1. The number of aliphatic hydroxyl groups excluding tert-OH is 1. The number of rotatable bonds is 48. The molecule has 61 heavy (non-hydrogen) atoms. The first-order chi connectivity index (χ1) is 29.5. The first-order valence-corrected chi connectivity index (χ1v) is 27.7. The van der Waals surface area contributed by atoms with Crippen molar-refractivity contribution in [3.05, 3.63) is 24.3 Å². The highest BCUT2D eigenvalue weighted by atomic mass is 31.2. The van der Waals surface area contributed by atoms with E-state index in [1.54, 1.807) is 6.08 Å². The van der Waals surface area contributed by atoms with Crippen LogP contribution in [0.15, 0.2) is 24.3 Å². The van der Waals surface area contributed by atoms with Crippen LogP contribution in [0.4, 0.5) is 0 Å². The Morgan fingerprint density at radius 3 is 1.28 bits per heavy atom. The smallest absolute Gasteiger partial charge is 0.268 e. The second kappa shape index (κ2) is 44.2. The van der Waals surface area contributed by atoms with E-state index in [1.165, 1.54) is 193 Å². The SMILES string of the molecule is CCCCCCCCCCCCC/C=C\CCCCCCCCCC(=O)NC(COP(=O)([O-])OCC[N+](C)(C)C)C(O)/C=C/CCCCCCCCCCCCCCCCC. The summed E-state index contributed by atoms with van der Waals surface area (Å²) in [7, 11) is 1.27. The lowest BCUT2D eigenvalue weighted by atomic mass is 10.0. The number of phosphoric acid groups is 1. The molecule has 362 valence electrons. The van der Waals surface area contributed by atoms with Gasteiger partial charge >= 0.3 is 0 Å². The van der Waals surface area contributed by atoms with Crippen LogP contribution in [0.5, 0.6) is 0 Å². The molecule has 0 aromatic carbocycles. The molecule has 2 N–H and O–H groups in total. The van der Waals surface area contributed by atoms with Crippen LogP contribution < -0.4 is 10.2 Å². The van der Waals surface area contributed by atoms with Crippen molar-refractivity contribution in [1.29, 1.82) is 0 Å². The summed E-state index contributed by atoms with van der Waals surface area (Å²) < 4.78 is 23.3. The molecular formula is C52H103N2O6P. The van der Waals surface area contributed by atoms with Crippen LogP contribution in [-0.4, -0.2) is 68.5 Å². The molecule has 8 nitrogen and oxygen atoms in total. The molecule has 0 fully saturated rings. The summed E-state index contributed by atoms with van der Waals surface area (Å²) in [5, 5.41) is 13.8. The van der Waals surface area contributed by atoms with Crippen molar-refractivity contribution in [2.45, 2.75) is 264 Å². The molecule has 0 aromatic heterocycles. The maximum absolute atomic E-state index is 12.9. The van der Waals surface area contributed by atoms with E-state index >= 15 is 0 Å². The van der Waals surface area contributed by atoms with Crippen LogP contribution in [0.25, 0.3) is 0 Å². The highest BCUT2D eigenvalue weighted by Crippen LogP contribution is 2.38. The minimum absolute atomic E-state index is 0.000426. The fraction of sp³-hybridized carbons (Fsp3) is 0.904. The van der Waals surface area contributed by atoms with E-state index in [0.29, 0.717) is 17.4 Å². The van der Waals surface area contributed by atoms with Crippen LogP contribution in [0.3, 0.4) is 0 Å². The molecule has 0 aromatic rings. The summed E-state index contributed by atoms with van der Waals surface area (Å²) >= 11 is 0. The molecule has 3 atom stereocenters. The molecule has 0 radical (unpaired) electrons. The van der Waals surface area contributed by atoms with E-state index < -0.39 is 20.0 Å². The van der Waals surface area contributed by atoms with E-state index in [4.69, 9.17) is 9.05 Å². The first-order valence-electron chi connectivity index (χ1n) is 26.2. The fourth-order valence-electron chi connectivity index (χ4n) is 7.74. The molecule has 0 aliphatic rings. The Kier molecular flexibility index (Phi) is 43.5. The van der Waals surface area contributed by atoms with Crippen molar-refractivity contribution in [3.63, 3.8) is 0 Å². The van der Waals surface area contributed by atoms with E-state index in [9.17, 15) is 19.4 Å². The van der Waals surface area contributed by atoms with Crippen LogP contribution in [0.2, 0.25) is 0 Å². The van der Waals surface area contributed by atoms with E-state index in [-0.39, 0.29) is 19.1 Å². The standard InChI is InChI=1S/C52H103N2O6P/c1-6-8-10-12-14-16-18-20-22-24-25-26-27-28-30-32-34-36-38-40-42-44-46-52(56)53-50(49-60-61(57,58)59-48-47-54(3,4)5)51(55)45-43-41-39-37-35-33-31-29-23-21-19-17-15-13-11-9-7-2/h27-28,43,45,50-51,55H,6-26,29-42,44,46-49H2,1-5H3,(H-,53,56,57,58)/b28-27-,45-43+. The van der Waals surface area contributed by atoms with Crippen molar-refractivity contribution in [2.75, 3.05) is 40.9 Å². The summed E-state index contributed by atoms with van der Waals surface area (Å²) in [6, 6.07) is -0.886. The summed E-state index contributed by atoms with van der Waals surface area (Å²) in [6.45, 7) is 4.67. The van der Waals surface area contributed by atoms with Gasteiger partial charge in [-0.15, -0.1) is 0 Å². The van der Waals surface area contributed by atoms with Crippen LogP contribution >= 0.6 is 7.82 Å². The quantitative estimate of drug-likeness (QED) is 0.0273. The zero-order chi connectivity index (χ0) is 45.0. The lowest BCUT2D eigenvalue weighted by Gasteiger charge is -2.29. The van der Waals surface area contributed by atoms with Gasteiger partial charge in [0.15, 0.2) is 0 Å². The van der Waals surface area contributed by atoms with Gasteiger partial charge in [-0.05, 0) is 44.9 Å². The predicted octanol–water partition coefficient (Wildman–Crippen LogP) is 14.6. The number of phosphoric ester groups is 1. The summed E-state index contributed by atoms with van der Waals surface area (Å²) in [4.78, 5) is 25.4. The van der Waals surface area contributed by atoms with E-state index in [2.05, 4.69) is 31.3 Å². The minimum Gasteiger partial charge on any atom is -0.756 e. The van der Waals surface area contributed by atoms with Gasteiger partial charge < -0.3 is 28.8 Å². The van der Waals surface area contributed by atoms with Gasteiger partial charge in [-0.1, -0.05) is 224 Å². The second-order valence-corrected chi connectivity index (χ2v) is 20.6. The Morgan fingerprint density at radius 2 is 0.902 bits per heavy atom. The van der Waals surface area contributed by atoms with Crippen molar-refractivity contribution < 1.29 is 32.9 Å². The summed E-state index contributed by atoms with van der Waals surface area (Å²) in [5.74, 6) is -0.199. The predicted molar refractivity (Wildman–Crippen MR) is 261 cm³/mol. The van der Waals surface area contributed by atoms with Gasteiger partial charge in [0, 0.05) is 6.42 Å². The summed E-state index contributed by atoms with van der Waals surface area (Å²) in [5.41, 5.74) is 0. The number of allylic oxidation sites excluding steroid dienone is 3. The van der Waals surface area contributed by atoms with Gasteiger partial charge in [0.1, 0.15) is 13.2 Å². The van der Waals surface area contributed by atoms with Crippen LogP contribution in [0.1, 0.15) is 251 Å². The third-order valence-electron chi connectivity index (χ3n) is 11.9. The van der Waals surface area contributed by atoms with Crippen molar-refractivity contribution in [1.82, 2.24) is 5.32 Å². The van der Waals surface area contributed by atoms with Gasteiger partial charge in [0.2, 0.25) is 5.91 Å². The second-order valence-electron chi connectivity index (χ2n) is 19.2. The highest BCUT2D eigenvalue weighted by Gasteiger charge is 2.23. The number of nitrogens with zero attached hydrogens (tertiary/aromatic N) is 1. The molecule has 9 heteroatoms. The molecule has 0 spiro atoms. The lowest BCUT2D eigenvalue weighted by Crippen LogP contribution is -2.45. The molecular weight excluding hydrogens is 780 g/mol. The average molecular weight is 883 g/mol. The number of likely N-dealkylation sites (N-methyl/N-ethyl adjacent to an activating group) is 1. The maximum atomic E-state index is 12.9. The Labute approximate surface area is 379 Å². The zero-order valence-corrected chi connectivity index (χ0v) is 42.0. The Balaban J connectivity index is 4.28. The van der Waals surface area contributed by atoms with Gasteiger partial charge in [0.25, 0.3) is 7.82 Å². The van der Waals surface area contributed by atoms with Gasteiger partial charge in [-0.2, -0.15) is 0 Å². The van der Waals surface area contributed by atoms with Crippen molar-refractivity contribution in [2.24, 2.45) is 0 Å². The molecule has 1 amide bonds. The highest BCUT2D eigenvalue weighted by molar-refractivity contribution is 7.45. The number of unbranched alkanes of at least 4 members (excludes halogenated alkanes) is 33. The number of amides is 1. The fourth-order valence-corrected chi connectivity index (χ4v) is 8.46. The summed E-state index contributed by atoms with van der Waals surface area (Å²) in [6.07, 6.45) is 53.7. The molecule has 0 bridgehead atoms. The largest absolute Gasteiger partial charge is 0.756 e. The minimum atomic E-state index is -4.59. The average Bonchev–Trinajstić information content (AvgIpc) is 3.21. The lowest BCUT2D eigenvalue weighted by molar-refractivity contribution is -0.870. The Morgan fingerprint density at radius 1 is 0.557 bits per heavy atom. The molecule has 0 saturated carbocycles. The number of aliphatic hydroxyl groups is 1. The molecule has 0 aliphatic heterocycles. The Hall–Kier alpha value is -1.02. The topological polar surface area (TPSA) is 108 Å². The molecule has 0 aliphatic carbocycles. The maximum Gasteiger partial charge on any atom is 0.268 e. The van der Waals surface area contributed by atoms with Gasteiger partial charge in [0.05, 0.1) is 39.9 Å². The zero-order valence-electron chi connectivity index (χ0n) is 41.1. The van der Waals surface area contributed by atoms with Crippen LogP contribution in [0, 0.1) is 0 Å². The molecule has 0 saturated heterocycles. The number of hydrogen-bond donors (Lipinski definition) is 2. The number of hydrogen-bond acceptors (Lipinski definition) is 6. The molecule has 3 unspecified atom stereocenters. The Bertz CT molecular complexity index is 1050. The number of quaternary nitrogens is 1. The van der Waals surface area contributed by atoms with Crippen molar-refractivity contribution in [3.8, 4) is 0 Å². The molecule has 0 rings (SSSR count).